The number of nitro groups is 1. The van der Waals surface area contributed by atoms with Crippen molar-refractivity contribution in [1.82, 2.24) is 0 Å². The van der Waals surface area contributed by atoms with Crippen molar-refractivity contribution in [2.45, 2.75) is 19.3 Å². The van der Waals surface area contributed by atoms with E-state index < -0.39 is 4.92 Å². The molecule has 0 saturated heterocycles. The molecule has 0 bridgehead atoms. The van der Waals surface area contributed by atoms with Crippen molar-refractivity contribution in [2.75, 3.05) is 25.6 Å². The minimum atomic E-state index is -0.436. The number of ether oxygens (including phenoxy) is 1. The van der Waals surface area contributed by atoms with Gasteiger partial charge < -0.3 is 15.2 Å². The molecule has 1 aromatic rings. The van der Waals surface area contributed by atoms with Crippen LogP contribution in [0, 0.1) is 15.5 Å². The second-order valence-electron chi connectivity index (χ2n) is 5.00. The molecule has 1 saturated carbocycles. The smallest absolute Gasteiger partial charge is 0.275 e. The number of nitrogens with one attached hydrogen (secondary N) is 1. The van der Waals surface area contributed by atoms with Gasteiger partial charge in [-0.3, -0.25) is 10.1 Å². The van der Waals surface area contributed by atoms with Gasteiger partial charge in [-0.25, -0.2) is 0 Å². The summed E-state index contributed by atoms with van der Waals surface area (Å²) in [6, 6.07) is 4.63. The molecule has 0 unspecified atom stereocenters. The van der Waals surface area contributed by atoms with Crippen LogP contribution in [-0.4, -0.2) is 30.3 Å². The number of non-ortho nitro benzene ring substituents is 1. The first-order chi connectivity index (χ1) is 9.08. The van der Waals surface area contributed by atoms with E-state index in [0.29, 0.717) is 11.4 Å². The van der Waals surface area contributed by atoms with Crippen LogP contribution < -0.4 is 10.1 Å². The number of nitrogens with zero attached hydrogens (tertiary/aromatic N) is 1. The predicted molar refractivity (Wildman–Crippen MR) is 71.5 cm³/mol. The molecule has 1 aliphatic carbocycles. The molecule has 1 aromatic carbocycles. The normalized spacial score (nSPS) is 15.9. The molecular formula is C13H18N2O4. The lowest BCUT2D eigenvalue weighted by atomic mass is 10.0. The number of benzene rings is 1. The Kier molecular flexibility index (Phi) is 3.90. The maximum absolute atomic E-state index is 10.8. The summed E-state index contributed by atoms with van der Waals surface area (Å²) in [5.41, 5.74) is 0.844. The molecule has 2 N–H and O–H groups in total. The number of nitro benzene ring substituents is 1. The molecule has 0 radical (unpaired) electrons. The highest BCUT2D eigenvalue weighted by molar-refractivity contribution is 5.56. The quantitative estimate of drug-likeness (QED) is 0.583. The van der Waals surface area contributed by atoms with Gasteiger partial charge in [0.1, 0.15) is 5.75 Å². The summed E-state index contributed by atoms with van der Waals surface area (Å²) < 4.78 is 5.06. The highest BCUT2D eigenvalue weighted by atomic mass is 16.6. The number of aliphatic hydroxyl groups is 1. The Hall–Kier alpha value is -1.82. The van der Waals surface area contributed by atoms with E-state index in [-0.39, 0.29) is 17.7 Å². The van der Waals surface area contributed by atoms with Gasteiger partial charge in [-0.05, 0) is 24.7 Å². The molecule has 0 atom stereocenters. The van der Waals surface area contributed by atoms with E-state index in [1.165, 1.54) is 19.2 Å². The molecule has 6 nitrogen and oxygen atoms in total. The van der Waals surface area contributed by atoms with E-state index in [2.05, 4.69) is 5.32 Å². The fourth-order valence-corrected chi connectivity index (χ4v) is 2.13. The van der Waals surface area contributed by atoms with Gasteiger partial charge in [0.15, 0.2) is 0 Å². The highest BCUT2D eigenvalue weighted by Crippen LogP contribution is 2.48. The lowest BCUT2D eigenvalue weighted by Crippen LogP contribution is -2.16. The first-order valence-electron chi connectivity index (χ1n) is 6.27. The van der Waals surface area contributed by atoms with Crippen LogP contribution >= 0.6 is 0 Å². The Labute approximate surface area is 111 Å². The highest BCUT2D eigenvalue weighted by Gasteiger charge is 2.41. The summed E-state index contributed by atoms with van der Waals surface area (Å²) >= 11 is 0. The largest absolute Gasteiger partial charge is 0.496 e. The van der Waals surface area contributed by atoms with Crippen molar-refractivity contribution >= 4 is 11.4 Å². The first kappa shape index (κ1) is 13.6. The van der Waals surface area contributed by atoms with Crippen LogP contribution in [0.1, 0.15) is 19.3 Å². The van der Waals surface area contributed by atoms with Crippen LogP contribution in [0.15, 0.2) is 18.2 Å². The second-order valence-corrected chi connectivity index (χ2v) is 5.00. The van der Waals surface area contributed by atoms with Crippen LogP contribution in [0.2, 0.25) is 0 Å². The molecule has 0 aliphatic heterocycles. The lowest BCUT2D eigenvalue weighted by molar-refractivity contribution is -0.384. The van der Waals surface area contributed by atoms with Crippen molar-refractivity contribution in [3.05, 3.63) is 28.3 Å². The molecule has 2 rings (SSSR count). The number of methoxy groups -OCH3 is 1. The van der Waals surface area contributed by atoms with Crippen LogP contribution in [0.4, 0.5) is 11.4 Å². The molecule has 1 aliphatic rings. The molecular weight excluding hydrogens is 248 g/mol. The third-order valence-corrected chi connectivity index (χ3v) is 3.60. The summed E-state index contributed by atoms with van der Waals surface area (Å²) in [6.07, 6.45) is 2.95. The third-order valence-electron chi connectivity index (χ3n) is 3.60. The van der Waals surface area contributed by atoms with Crippen molar-refractivity contribution < 1.29 is 14.8 Å². The van der Waals surface area contributed by atoms with Crippen molar-refractivity contribution in [2.24, 2.45) is 5.41 Å². The average molecular weight is 266 g/mol. The van der Waals surface area contributed by atoms with E-state index in [1.807, 2.05) is 0 Å². The van der Waals surface area contributed by atoms with E-state index in [0.717, 1.165) is 25.8 Å². The maximum atomic E-state index is 10.8. The zero-order valence-corrected chi connectivity index (χ0v) is 10.9. The maximum Gasteiger partial charge on any atom is 0.275 e. The molecule has 0 heterocycles. The van der Waals surface area contributed by atoms with Gasteiger partial charge in [0, 0.05) is 31.0 Å². The van der Waals surface area contributed by atoms with E-state index in [4.69, 9.17) is 9.84 Å². The molecule has 0 spiro atoms. The molecule has 6 heteroatoms. The Morgan fingerprint density at radius 3 is 2.74 bits per heavy atom. The van der Waals surface area contributed by atoms with Gasteiger partial charge in [0.05, 0.1) is 18.1 Å². The fourth-order valence-electron chi connectivity index (χ4n) is 2.13. The van der Waals surface area contributed by atoms with Crippen molar-refractivity contribution in [1.29, 1.82) is 0 Å². The minimum Gasteiger partial charge on any atom is -0.496 e. The van der Waals surface area contributed by atoms with Gasteiger partial charge in [0.2, 0.25) is 0 Å². The number of rotatable bonds is 7. The summed E-state index contributed by atoms with van der Waals surface area (Å²) in [6.45, 7) is 0.901. The predicted octanol–water partition coefficient (Wildman–Crippen LogP) is 2.18. The zero-order chi connectivity index (χ0) is 13.9. The molecule has 104 valence electrons. The number of hydrogen-bond acceptors (Lipinski definition) is 5. The topological polar surface area (TPSA) is 84.6 Å². The van der Waals surface area contributed by atoms with Crippen LogP contribution in [0.25, 0.3) is 0 Å². The third kappa shape index (κ3) is 3.35. The van der Waals surface area contributed by atoms with Crippen LogP contribution in [0.5, 0.6) is 5.75 Å². The van der Waals surface area contributed by atoms with Gasteiger partial charge in [0.25, 0.3) is 5.69 Å². The lowest BCUT2D eigenvalue weighted by Gasteiger charge is -2.15. The Morgan fingerprint density at radius 1 is 1.47 bits per heavy atom. The molecule has 0 aromatic heterocycles. The van der Waals surface area contributed by atoms with E-state index >= 15 is 0 Å². The summed E-state index contributed by atoms with van der Waals surface area (Å²) in [5, 5.41) is 23.0. The van der Waals surface area contributed by atoms with Gasteiger partial charge in [-0.1, -0.05) is 0 Å². The van der Waals surface area contributed by atoms with E-state index in [9.17, 15) is 10.1 Å². The van der Waals surface area contributed by atoms with E-state index in [1.54, 1.807) is 6.07 Å². The SMILES string of the molecule is COc1cc(NCC2(CCO)CC2)cc([N+](=O)[O-])c1. The summed E-state index contributed by atoms with van der Waals surface area (Å²) in [4.78, 5) is 10.4. The van der Waals surface area contributed by atoms with Crippen molar-refractivity contribution in [3.8, 4) is 5.75 Å². The molecule has 1 fully saturated rings. The van der Waals surface area contributed by atoms with Crippen molar-refractivity contribution in [3.63, 3.8) is 0 Å². The molecule has 19 heavy (non-hydrogen) atoms. The number of anilines is 1. The monoisotopic (exact) mass is 266 g/mol. The van der Waals surface area contributed by atoms with Gasteiger partial charge >= 0.3 is 0 Å². The minimum absolute atomic E-state index is 0.00820. The zero-order valence-electron chi connectivity index (χ0n) is 10.9. The summed E-state index contributed by atoms with van der Waals surface area (Å²) in [7, 11) is 1.48. The van der Waals surface area contributed by atoms with Crippen LogP contribution in [-0.2, 0) is 0 Å². The van der Waals surface area contributed by atoms with Crippen LogP contribution in [0.3, 0.4) is 0 Å². The Bertz CT molecular complexity index is 472. The average Bonchev–Trinajstić information content (AvgIpc) is 3.17. The van der Waals surface area contributed by atoms with Gasteiger partial charge in [-0.15, -0.1) is 0 Å². The van der Waals surface area contributed by atoms with Gasteiger partial charge in [-0.2, -0.15) is 0 Å². The number of hydrogen-bond donors (Lipinski definition) is 2. The fraction of sp³-hybridized carbons (Fsp3) is 0.538. The Morgan fingerprint density at radius 2 is 2.21 bits per heavy atom. The molecule has 0 amide bonds. The standard InChI is InChI=1S/C13H18N2O4/c1-19-12-7-10(6-11(8-12)15(17)18)14-9-13(2-3-13)4-5-16/h6-8,14,16H,2-5,9H2,1H3. The summed E-state index contributed by atoms with van der Waals surface area (Å²) in [5.74, 6) is 0.462. The first-order valence-corrected chi connectivity index (χ1v) is 6.27. The number of aliphatic hydroxyl groups excluding tert-OH is 1. The second kappa shape index (κ2) is 5.44. The Balaban J connectivity index is 2.07.